The highest BCUT2D eigenvalue weighted by atomic mass is 16.7. The second-order valence-electron chi connectivity index (χ2n) is 6.34. The molecule has 1 aliphatic rings. The van der Waals surface area contributed by atoms with Crippen molar-refractivity contribution in [2.45, 2.75) is 45.8 Å². The maximum atomic E-state index is 11.6. The van der Waals surface area contributed by atoms with E-state index in [1.165, 1.54) is 11.6 Å². The van der Waals surface area contributed by atoms with E-state index in [-0.39, 0.29) is 5.91 Å². The fourth-order valence-electron chi connectivity index (χ4n) is 2.28. The van der Waals surface area contributed by atoms with E-state index in [0.717, 1.165) is 5.46 Å². The molecule has 2 aromatic rings. The maximum absolute atomic E-state index is 11.6. The minimum Gasteiger partial charge on any atom is -0.399 e. The third-order valence-corrected chi connectivity index (χ3v) is 4.27. The molecule has 0 N–H and O–H groups in total. The molecule has 1 fully saturated rings. The van der Waals surface area contributed by atoms with Crippen LogP contribution >= 0.6 is 0 Å². The summed E-state index contributed by atoms with van der Waals surface area (Å²) in [7, 11) is -0.498. The minimum atomic E-state index is -0.498. The zero-order valence-electron chi connectivity index (χ0n) is 12.9. The summed E-state index contributed by atoms with van der Waals surface area (Å²) in [6.45, 7) is 9.46. The van der Waals surface area contributed by atoms with E-state index < -0.39 is 18.3 Å². The Morgan fingerprint density at radius 3 is 2.38 bits per heavy atom. The Morgan fingerprint density at radius 2 is 1.81 bits per heavy atom. The predicted octanol–water partition coefficient (Wildman–Crippen LogP) is 1.39. The number of pyridine rings is 1. The van der Waals surface area contributed by atoms with E-state index in [4.69, 9.17) is 9.31 Å². The monoisotopic (exact) mass is 287 g/mol. The molecule has 0 amide bonds. The number of nitrogens with zero attached hydrogens (tertiary/aromatic N) is 3. The molecule has 0 atom stereocenters. The Hall–Kier alpha value is -1.73. The molecule has 0 radical (unpaired) electrons. The molecule has 6 nitrogen and oxygen atoms in total. The van der Waals surface area contributed by atoms with Crippen LogP contribution in [0.1, 0.15) is 39.4 Å². The first-order chi connectivity index (χ1) is 9.71. The largest absolute Gasteiger partial charge is 0.496 e. The third-order valence-electron chi connectivity index (χ3n) is 4.27. The summed E-state index contributed by atoms with van der Waals surface area (Å²) in [4.78, 5) is 15.9. The minimum absolute atomic E-state index is 0.155. The highest BCUT2D eigenvalue weighted by Gasteiger charge is 2.51. The lowest BCUT2D eigenvalue weighted by atomic mass is 9.80. The Balaban J connectivity index is 2.03. The van der Waals surface area contributed by atoms with Crippen molar-refractivity contribution < 1.29 is 14.1 Å². The fraction of sp³-hybridized carbons (Fsp3) is 0.500. The first-order valence-electron chi connectivity index (χ1n) is 6.91. The van der Waals surface area contributed by atoms with Crippen LogP contribution in [0.4, 0.5) is 0 Å². The van der Waals surface area contributed by atoms with Gasteiger partial charge >= 0.3 is 7.12 Å². The molecular weight excluding hydrogens is 269 g/mol. The molecule has 1 aliphatic heterocycles. The van der Waals surface area contributed by atoms with Crippen molar-refractivity contribution in [2.24, 2.45) is 0 Å². The molecule has 7 heteroatoms. The van der Waals surface area contributed by atoms with Gasteiger partial charge in [-0.15, -0.1) is 0 Å². The molecule has 3 heterocycles. The first kappa shape index (κ1) is 14.2. The van der Waals surface area contributed by atoms with Crippen LogP contribution in [0.5, 0.6) is 0 Å². The quantitative estimate of drug-likeness (QED) is 0.741. The van der Waals surface area contributed by atoms with Crippen LogP contribution < -0.4 is 5.46 Å². The number of hydrogen-bond acceptors (Lipinski definition) is 5. The van der Waals surface area contributed by atoms with E-state index in [0.29, 0.717) is 11.0 Å². The van der Waals surface area contributed by atoms with Gasteiger partial charge in [0.15, 0.2) is 0 Å². The molecule has 110 valence electrons. The van der Waals surface area contributed by atoms with Gasteiger partial charge < -0.3 is 9.31 Å². The van der Waals surface area contributed by atoms with Crippen LogP contribution in [-0.2, 0) is 9.31 Å². The summed E-state index contributed by atoms with van der Waals surface area (Å²) in [5, 5.41) is 4.04. The van der Waals surface area contributed by atoms with Gasteiger partial charge in [0, 0.05) is 18.6 Å². The van der Waals surface area contributed by atoms with Gasteiger partial charge in [-0.3, -0.25) is 9.78 Å². The summed E-state index contributed by atoms with van der Waals surface area (Å²) >= 11 is 0. The highest BCUT2D eigenvalue weighted by molar-refractivity contribution is 6.62. The van der Waals surface area contributed by atoms with Crippen LogP contribution in [0.3, 0.4) is 0 Å². The van der Waals surface area contributed by atoms with Gasteiger partial charge in [-0.05, 0) is 33.8 Å². The Labute approximate surface area is 123 Å². The molecular formula is C14H18BN3O3. The average molecular weight is 287 g/mol. The summed E-state index contributed by atoms with van der Waals surface area (Å²) in [6.07, 6.45) is 3.28. The fourth-order valence-corrected chi connectivity index (χ4v) is 2.28. The topological polar surface area (TPSA) is 66.2 Å². The molecule has 3 rings (SSSR count). The van der Waals surface area contributed by atoms with E-state index in [9.17, 15) is 4.79 Å². The third kappa shape index (κ3) is 2.17. The SMILES string of the molecule is CC(=O)n1ncc2ncc(B3OC(C)(C)C(C)(C)O3)cc21. The second-order valence-corrected chi connectivity index (χ2v) is 6.34. The predicted molar refractivity (Wildman–Crippen MR) is 79.5 cm³/mol. The molecule has 0 spiro atoms. The Bertz CT molecular complexity index is 707. The first-order valence-corrected chi connectivity index (χ1v) is 6.91. The van der Waals surface area contributed by atoms with Crippen molar-refractivity contribution in [2.75, 3.05) is 0 Å². The van der Waals surface area contributed by atoms with Crippen molar-refractivity contribution in [3.05, 3.63) is 18.5 Å². The molecule has 2 aromatic heterocycles. The number of hydrogen-bond donors (Lipinski definition) is 0. The normalized spacial score (nSPS) is 20.1. The van der Waals surface area contributed by atoms with Crippen molar-refractivity contribution >= 4 is 29.5 Å². The van der Waals surface area contributed by atoms with Gasteiger partial charge in [0.25, 0.3) is 0 Å². The van der Waals surface area contributed by atoms with Crippen LogP contribution in [-0.4, -0.2) is 39.0 Å². The lowest BCUT2D eigenvalue weighted by molar-refractivity contribution is 0.00578. The van der Waals surface area contributed by atoms with E-state index in [1.807, 2.05) is 33.8 Å². The smallest absolute Gasteiger partial charge is 0.399 e. The lowest BCUT2D eigenvalue weighted by Crippen LogP contribution is -2.41. The Kier molecular flexibility index (Phi) is 2.97. The van der Waals surface area contributed by atoms with Crippen LogP contribution in [0.25, 0.3) is 11.0 Å². The van der Waals surface area contributed by atoms with Crippen LogP contribution in [0.15, 0.2) is 18.5 Å². The zero-order valence-corrected chi connectivity index (χ0v) is 12.9. The lowest BCUT2D eigenvalue weighted by Gasteiger charge is -2.32. The molecule has 0 unspecified atom stereocenters. The zero-order chi connectivity index (χ0) is 15.4. The molecule has 0 saturated carbocycles. The van der Waals surface area contributed by atoms with Crippen molar-refractivity contribution in [3.63, 3.8) is 0 Å². The van der Waals surface area contributed by atoms with Gasteiger partial charge in [-0.2, -0.15) is 9.78 Å². The van der Waals surface area contributed by atoms with Crippen molar-refractivity contribution in [1.82, 2.24) is 14.8 Å². The number of carbonyl (C=O) groups is 1. The molecule has 0 bridgehead atoms. The van der Waals surface area contributed by atoms with Gasteiger partial charge in [-0.1, -0.05) is 0 Å². The van der Waals surface area contributed by atoms with E-state index in [2.05, 4.69) is 10.1 Å². The number of carbonyl (C=O) groups excluding carboxylic acids is 1. The maximum Gasteiger partial charge on any atom is 0.496 e. The molecule has 0 aliphatic carbocycles. The number of rotatable bonds is 1. The molecule has 21 heavy (non-hydrogen) atoms. The van der Waals surface area contributed by atoms with Gasteiger partial charge in [0.05, 0.1) is 22.9 Å². The van der Waals surface area contributed by atoms with Gasteiger partial charge in [0.2, 0.25) is 5.91 Å². The average Bonchev–Trinajstić information content (AvgIpc) is 2.87. The summed E-state index contributed by atoms with van der Waals surface area (Å²) in [5.41, 5.74) is 1.30. The van der Waals surface area contributed by atoms with Crippen LogP contribution in [0.2, 0.25) is 0 Å². The van der Waals surface area contributed by atoms with Crippen molar-refractivity contribution in [1.29, 1.82) is 0 Å². The standard InChI is InChI=1S/C14H18BN3O3/c1-9(19)18-12-6-10(7-16-11(12)8-17-18)15-20-13(2,3)14(4,5)21-15/h6-8H,1-5H3. The van der Waals surface area contributed by atoms with Gasteiger partial charge in [-0.25, -0.2) is 0 Å². The highest BCUT2D eigenvalue weighted by Crippen LogP contribution is 2.36. The summed E-state index contributed by atoms with van der Waals surface area (Å²) in [6, 6.07) is 1.85. The van der Waals surface area contributed by atoms with Crippen LogP contribution in [0, 0.1) is 0 Å². The second kappa shape index (κ2) is 4.38. The van der Waals surface area contributed by atoms with E-state index >= 15 is 0 Å². The summed E-state index contributed by atoms with van der Waals surface area (Å²) < 4.78 is 13.3. The van der Waals surface area contributed by atoms with E-state index in [1.54, 1.807) is 12.4 Å². The number of fused-ring (bicyclic) bond motifs is 1. The number of aromatic nitrogens is 3. The Morgan fingerprint density at radius 1 is 1.19 bits per heavy atom. The summed E-state index contributed by atoms with van der Waals surface area (Å²) in [5.74, 6) is -0.155. The van der Waals surface area contributed by atoms with Gasteiger partial charge in [0.1, 0.15) is 5.52 Å². The molecule has 0 aromatic carbocycles. The molecule has 1 saturated heterocycles. The van der Waals surface area contributed by atoms with Crippen molar-refractivity contribution in [3.8, 4) is 0 Å².